The number of carbonyl (C=O) groups is 10. The second kappa shape index (κ2) is 27.1. The van der Waals surface area contributed by atoms with E-state index in [2.05, 4.69) is 16.7 Å². The van der Waals surface area contributed by atoms with Crippen LogP contribution in [0.4, 0.5) is 0 Å². The molecule has 5 atom stereocenters. The maximum atomic E-state index is 11.2. The van der Waals surface area contributed by atoms with Gasteiger partial charge in [0, 0.05) is 32.1 Å². The highest BCUT2D eigenvalue weighted by molar-refractivity contribution is 7.83. The molecule has 0 heterocycles. The Morgan fingerprint density at radius 1 is 0.357 bits per heavy atom. The Balaban J connectivity index is -0.000000810. The Morgan fingerprint density at radius 2 is 0.518 bits per heavy atom. The summed E-state index contributed by atoms with van der Waals surface area (Å²) in [6.45, 7) is 0. The number of hydrogen-bond acceptors (Lipinski definition) is 23. The number of hydrogen-bond donors (Lipinski definition) is 11. The van der Waals surface area contributed by atoms with Gasteiger partial charge in [-0.25, -0.2) is 0 Å². The van der Waals surface area contributed by atoms with Crippen molar-refractivity contribution in [3.05, 3.63) is 0 Å². The van der Waals surface area contributed by atoms with Crippen molar-refractivity contribution in [2.75, 3.05) is 0 Å². The third kappa shape index (κ3) is 30.8. The lowest BCUT2D eigenvalue weighted by molar-refractivity contribution is -0.142. The summed E-state index contributed by atoms with van der Waals surface area (Å²) < 4.78 is 60.5. The Kier molecular flexibility index (Phi) is 26.4. The van der Waals surface area contributed by atoms with E-state index in [1.165, 1.54) is 0 Å². The van der Waals surface area contributed by atoms with Crippen LogP contribution in [0.3, 0.4) is 0 Å². The Morgan fingerprint density at radius 3 is 0.661 bits per heavy atom. The topological polar surface area (TPSA) is 527 Å². The highest BCUT2D eigenvalue weighted by Gasteiger charge is 2.27. The molecule has 0 aliphatic heterocycles. The zero-order valence-corrected chi connectivity index (χ0v) is 30.3. The molecular formula is C25H41N5O24S2. The fourth-order valence-corrected chi connectivity index (χ4v) is 3.96. The van der Waals surface area contributed by atoms with Gasteiger partial charge in [-0.2, -0.15) is 0 Å². The van der Waals surface area contributed by atoms with Gasteiger partial charge in [0.1, 0.15) is 30.2 Å². The predicted octanol–water partition coefficient (Wildman–Crippen LogP) is -5.33. The smallest absolute Gasteiger partial charge is 0.481 e. The first-order valence-electron chi connectivity index (χ1n) is 15.0. The molecule has 0 bridgehead atoms. The lowest BCUT2D eigenvalue weighted by atomic mass is 10.2. The van der Waals surface area contributed by atoms with Crippen LogP contribution in [0.2, 0.25) is 0 Å². The maximum absolute atomic E-state index is 11.2. The van der Waals surface area contributed by atoms with Gasteiger partial charge >= 0.3 is 80.5 Å². The average molecular weight is 860 g/mol. The maximum Gasteiger partial charge on any atom is 0.506 e. The monoisotopic (exact) mass is 859 g/mol. The van der Waals surface area contributed by atoms with Gasteiger partial charge in [0.05, 0.1) is 0 Å². The molecule has 0 aromatic rings. The Labute approximate surface area is 315 Å². The fraction of sp³-hybridized carbons (Fsp3) is 0.600. The molecule has 0 aliphatic rings. The average Bonchev–Trinajstić information content (AvgIpc) is 3.05. The first kappa shape index (κ1) is 54.7. The summed E-state index contributed by atoms with van der Waals surface area (Å²) in [6.07, 6.45) is -4.28. The molecule has 0 fully saturated rings. The summed E-state index contributed by atoms with van der Waals surface area (Å²) in [7, 11) is -9.98. The zero-order valence-electron chi connectivity index (χ0n) is 28.7. The van der Waals surface area contributed by atoms with Gasteiger partial charge in [-0.05, 0) is 32.1 Å². The van der Waals surface area contributed by atoms with Crippen LogP contribution in [0.1, 0.15) is 64.2 Å². The summed E-state index contributed by atoms with van der Waals surface area (Å²) in [5, 5.41) is 50.2. The molecule has 16 N–H and O–H groups in total. The van der Waals surface area contributed by atoms with E-state index in [4.69, 9.17) is 59.3 Å². The second-order valence-corrected chi connectivity index (χ2v) is 12.7. The summed E-state index contributed by atoms with van der Waals surface area (Å²) in [6, 6.07) is -6.60. The predicted molar refractivity (Wildman–Crippen MR) is 174 cm³/mol. The van der Waals surface area contributed by atoms with E-state index >= 15 is 0 Å². The molecule has 29 nitrogen and oxygen atoms in total. The third-order valence-corrected chi connectivity index (χ3v) is 7.23. The molecular weight excluding hydrogens is 818 g/mol. The van der Waals surface area contributed by atoms with Crippen LogP contribution >= 0.6 is 0 Å². The van der Waals surface area contributed by atoms with Crippen molar-refractivity contribution < 1.29 is 112 Å². The molecule has 56 heavy (non-hydrogen) atoms. The van der Waals surface area contributed by atoms with Gasteiger partial charge in [0.25, 0.3) is 0 Å². The van der Waals surface area contributed by atoms with E-state index < -0.39 is 136 Å². The van der Waals surface area contributed by atoms with Gasteiger partial charge in [0.2, 0.25) is 0 Å². The molecule has 0 aromatic heterocycles. The van der Waals surface area contributed by atoms with Crippen LogP contribution in [0.15, 0.2) is 0 Å². The first-order valence-corrected chi connectivity index (χ1v) is 17.6. The number of carboxylic acid groups (broad SMARTS) is 6. The van der Waals surface area contributed by atoms with Crippen molar-refractivity contribution in [3.63, 3.8) is 0 Å². The van der Waals surface area contributed by atoms with Gasteiger partial charge in [-0.15, -0.1) is 16.8 Å². The molecule has 0 spiro atoms. The van der Waals surface area contributed by atoms with Crippen molar-refractivity contribution in [1.82, 2.24) is 0 Å². The minimum Gasteiger partial charge on any atom is -0.481 e. The van der Waals surface area contributed by atoms with Crippen molar-refractivity contribution in [3.8, 4) is 0 Å². The van der Waals surface area contributed by atoms with E-state index in [1.54, 1.807) is 0 Å². The van der Waals surface area contributed by atoms with E-state index in [-0.39, 0.29) is 38.5 Å². The van der Waals surface area contributed by atoms with Gasteiger partial charge in [0.15, 0.2) is 0 Å². The van der Waals surface area contributed by atoms with E-state index in [1.807, 2.05) is 0 Å². The normalized spacial score (nSPS) is 13.4. The van der Waals surface area contributed by atoms with Gasteiger partial charge < -0.3 is 76.0 Å². The summed E-state index contributed by atoms with van der Waals surface area (Å²) in [4.78, 5) is 106. The SMILES string of the molecule is N[C@@H](CCC(=O)O)C(=O)O.N[C@@H](CCC(=O)OS(=O)(=O)OC(=O)CC[C@H](N)C(=O)O)C(=O)O.N[C@@H](CCC(=O)OS(=O)(=O)OC(=O)CC[C@H](N)C(=O)O)C(=O)O. The highest BCUT2D eigenvalue weighted by atomic mass is 32.3. The summed E-state index contributed by atoms with van der Waals surface area (Å²) >= 11 is 0. The van der Waals surface area contributed by atoms with E-state index in [9.17, 15) is 64.8 Å². The van der Waals surface area contributed by atoms with Crippen LogP contribution in [0.5, 0.6) is 0 Å². The van der Waals surface area contributed by atoms with Crippen molar-refractivity contribution in [2.45, 2.75) is 94.4 Å². The molecule has 0 saturated heterocycles. The quantitative estimate of drug-likeness (QED) is 0.0432. The zero-order chi connectivity index (χ0) is 44.6. The molecule has 0 aromatic carbocycles. The largest absolute Gasteiger partial charge is 0.506 e. The minimum atomic E-state index is -4.99. The molecule has 0 saturated carbocycles. The van der Waals surface area contributed by atoms with Crippen LogP contribution in [0.25, 0.3) is 0 Å². The number of rotatable bonds is 24. The molecule has 322 valence electrons. The van der Waals surface area contributed by atoms with E-state index in [0.29, 0.717) is 0 Å². The van der Waals surface area contributed by atoms with Gasteiger partial charge in [-0.1, -0.05) is 0 Å². The Bertz CT molecular complexity index is 1440. The van der Waals surface area contributed by atoms with Crippen LogP contribution in [-0.2, 0) is 85.5 Å². The Hall–Kier alpha value is -5.60. The number of carboxylic acids is 6. The lowest BCUT2D eigenvalue weighted by Crippen LogP contribution is -2.31. The molecule has 0 rings (SSSR count). The minimum absolute atomic E-state index is 0.0231. The number of carbonyl (C=O) groups excluding carboxylic acids is 4. The first-order chi connectivity index (χ1) is 25.4. The fourth-order valence-electron chi connectivity index (χ4n) is 2.65. The van der Waals surface area contributed by atoms with Gasteiger partial charge in [-0.3, -0.25) is 47.9 Å². The lowest BCUT2D eigenvalue weighted by Gasteiger charge is -2.08. The molecule has 0 radical (unpaired) electrons. The van der Waals surface area contributed by atoms with E-state index in [0.717, 1.165) is 0 Å². The standard InChI is InChI=1S/2C10H16N2O10S.C5H9NO4/c2*11-5(9(15)16)1-3-7(13)21-23(19,20)22-8(14)4-2-6(12)10(17)18;6-3(5(9)10)1-2-4(7)8/h2*5-6H,1-4,11-12H2,(H,15,16)(H,17,18);3H,1-2,6H2,(H,7,8)(H,9,10)/t2*5-,6-;3-/m000/s1. The molecule has 0 amide bonds. The van der Waals surface area contributed by atoms with Crippen LogP contribution in [0, 0.1) is 0 Å². The molecule has 0 unspecified atom stereocenters. The van der Waals surface area contributed by atoms with Crippen molar-refractivity contribution in [2.24, 2.45) is 28.7 Å². The third-order valence-electron chi connectivity index (χ3n) is 5.67. The summed E-state index contributed by atoms with van der Waals surface area (Å²) in [5.41, 5.74) is 25.4. The van der Waals surface area contributed by atoms with Crippen LogP contribution < -0.4 is 28.7 Å². The number of aliphatic carboxylic acids is 6. The molecule has 0 aliphatic carbocycles. The van der Waals surface area contributed by atoms with Crippen molar-refractivity contribution in [1.29, 1.82) is 0 Å². The van der Waals surface area contributed by atoms with Crippen molar-refractivity contribution >= 4 is 80.5 Å². The summed E-state index contributed by atoms with van der Waals surface area (Å²) in [5.74, 6) is -13.2. The molecule has 31 heteroatoms. The van der Waals surface area contributed by atoms with Crippen LogP contribution in [-0.4, -0.2) is 137 Å². The second-order valence-electron chi connectivity index (χ2n) is 10.4. The number of nitrogens with two attached hydrogens (primary N) is 5. The highest BCUT2D eigenvalue weighted by Crippen LogP contribution is 2.08.